The quantitative estimate of drug-likeness (QED) is 0.316. The number of esters is 1. The lowest BCUT2D eigenvalue weighted by Gasteiger charge is -2.23. The van der Waals surface area contributed by atoms with Crippen molar-refractivity contribution in [1.82, 2.24) is 5.32 Å². The summed E-state index contributed by atoms with van der Waals surface area (Å²) in [5.41, 5.74) is -0.577. The summed E-state index contributed by atoms with van der Waals surface area (Å²) in [7, 11) is -2.83. The lowest BCUT2D eigenvalue weighted by molar-refractivity contribution is -0.136. The van der Waals surface area contributed by atoms with Crippen molar-refractivity contribution in [1.29, 1.82) is 0 Å². The van der Waals surface area contributed by atoms with Crippen molar-refractivity contribution < 1.29 is 37.2 Å². The second kappa shape index (κ2) is 11.2. The highest BCUT2D eigenvalue weighted by Gasteiger charge is 2.25. The van der Waals surface area contributed by atoms with Gasteiger partial charge in [0, 0.05) is 11.1 Å². The van der Waals surface area contributed by atoms with Crippen LogP contribution in [0.25, 0.3) is 0 Å². The van der Waals surface area contributed by atoms with Gasteiger partial charge in [-0.1, -0.05) is 19.2 Å². The summed E-state index contributed by atoms with van der Waals surface area (Å²) in [4.78, 5) is 31.9. The molecule has 0 radical (unpaired) electrons. The summed E-state index contributed by atoms with van der Waals surface area (Å²) >= 11 is 0. The largest absolute Gasteiger partial charge is 0.478 e. The average molecular weight is 391 g/mol. The van der Waals surface area contributed by atoms with Gasteiger partial charge in [-0.25, -0.2) is 9.59 Å². The van der Waals surface area contributed by atoms with Crippen molar-refractivity contribution in [3.8, 4) is 0 Å². The number of carbonyl (C=O) groups is 3. The molecule has 0 aliphatic carbocycles. The minimum atomic E-state index is -4.08. The molecule has 0 aromatic rings. The van der Waals surface area contributed by atoms with Gasteiger partial charge in [0.2, 0.25) is 5.91 Å². The van der Waals surface area contributed by atoms with Crippen LogP contribution in [0.15, 0.2) is 36.5 Å². The monoisotopic (exact) mass is 391 g/mol. The molecule has 0 spiro atoms. The van der Waals surface area contributed by atoms with Crippen molar-refractivity contribution in [2.24, 2.45) is 0 Å². The Kier molecular flexibility index (Phi) is 11.1. The molecule has 0 aromatic heterocycles. The van der Waals surface area contributed by atoms with E-state index in [1.165, 1.54) is 34.0 Å². The van der Waals surface area contributed by atoms with Crippen LogP contribution in [0.3, 0.4) is 0 Å². The van der Waals surface area contributed by atoms with Gasteiger partial charge < -0.3 is 15.2 Å². The number of ether oxygens (including phenoxy) is 1. The lowest BCUT2D eigenvalue weighted by Crippen LogP contribution is -2.47. The third kappa shape index (κ3) is 13.9. The van der Waals surface area contributed by atoms with Crippen LogP contribution in [0.5, 0.6) is 0 Å². The fourth-order valence-corrected chi connectivity index (χ4v) is 2.45. The Balaban J connectivity index is 0. The van der Waals surface area contributed by atoms with Gasteiger partial charge >= 0.3 is 11.9 Å². The maximum atomic E-state index is 10.8. The molecule has 9 nitrogen and oxygen atoms in total. The van der Waals surface area contributed by atoms with Crippen molar-refractivity contribution in [2.75, 3.05) is 12.9 Å². The SMILES string of the molecule is C=C(CC=C(C)C(=O)O)C(=O)OC.C=CC(=O)NC(C)(C)CS(=O)(=O)O. The van der Waals surface area contributed by atoms with Crippen LogP contribution >= 0.6 is 0 Å². The number of carbonyl (C=O) groups excluding carboxylic acids is 2. The number of carboxylic acids is 1. The molecule has 0 fully saturated rings. The van der Waals surface area contributed by atoms with Crippen LogP contribution in [-0.2, 0) is 29.2 Å². The van der Waals surface area contributed by atoms with E-state index in [0.717, 1.165) is 6.08 Å². The summed E-state index contributed by atoms with van der Waals surface area (Å²) in [6.07, 6.45) is 2.65. The number of carboxylic acid groups (broad SMARTS) is 1. The first kappa shape index (κ1) is 25.8. The topological polar surface area (TPSA) is 147 Å². The predicted octanol–water partition coefficient (Wildman–Crippen LogP) is 1.09. The van der Waals surface area contributed by atoms with E-state index >= 15 is 0 Å². The number of amides is 1. The van der Waals surface area contributed by atoms with E-state index < -0.39 is 39.3 Å². The number of hydrogen-bond donors (Lipinski definition) is 3. The standard InChI is InChI=1S/C9H12O4.C7H13NO4S/c1-6(8(10)11)4-5-7(2)9(12)13-3;1-4-6(9)8-7(2,3)5-13(10,11)12/h4H,2,5H2,1,3H3,(H,10,11);4H,1,5H2,2-3H3,(H,8,9)(H,10,11,12). The second-order valence-electron chi connectivity index (χ2n) is 5.80. The molecule has 0 bridgehead atoms. The molecule has 0 unspecified atom stereocenters. The smallest absolute Gasteiger partial charge is 0.333 e. The lowest BCUT2D eigenvalue weighted by atomic mass is 10.1. The maximum absolute atomic E-state index is 10.8. The molecule has 1 amide bonds. The molecule has 3 N–H and O–H groups in total. The van der Waals surface area contributed by atoms with E-state index in [4.69, 9.17) is 9.66 Å². The molecule has 148 valence electrons. The van der Waals surface area contributed by atoms with Crippen LogP contribution in [-0.4, -0.2) is 54.3 Å². The van der Waals surface area contributed by atoms with Gasteiger partial charge in [-0.05, 0) is 33.3 Å². The van der Waals surface area contributed by atoms with E-state index in [1.54, 1.807) is 0 Å². The first-order chi connectivity index (χ1) is 11.6. The fourth-order valence-electron chi connectivity index (χ4n) is 1.47. The molecule has 0 saturated carbocycles. The zero-order chi connectivity index (χ0) is 21.1. The van der Waals surface area contributed by atoms with Gasteiger partial charge in [-0.2, -0.15) is 8.42 Å². The van der Waals surface area contributed by atoms with Crippen molar-refractivity contribution in [2.45, 2.75) is 32.7 Å². The molecule has 0 aromatic carbocycles. The number of nitrogens with one attached hydrogen (secondary N) is 1. The second-order valence-corrected chi connectivity index (χ2v) is 7.25. The minimum absolute atomic E-state index is 0.185. The summed E-state index contributed by atoms with van der Waals surface area (Å²) < 4.78 is 33.9. The Bertz CT molecular complexity index is 689. The number of rotatable bonds is 8. The highest BCUT2D eigenvalue weighted by atomic mass is 32.2. The van der Waals surface area contributed by atoms with Gasteiger partial charge in [-0.3, -0.25) is 9.35 Å². The van der Waals surface area contributed by atoms with E-state index in [-0.39, 0.29) is 17.6 Å². The number of aliphatic carboxylic acids is 1. The van der Waals surface area contributed by atoms with E-state index in [1.807, 2.05) is 0 Å². The Labute approximate surface area is 153 Å². The molecular weight excluding hydrogens is 366 g/mol. The normalized spacial score (nSPS) is 11.5. The third-order valence-electron chi connectivity index (χ3n) is 2.66. The summed E-state index contributed by atoms with van der Waals surface area (Å²) in [6, 6.07) is 0. The van der Waals surface area contributed by atoms with E-state index in [0.29, 0.717) is 0 Å². The van der Waals surface area contributed by atoms with Crippen LogP contribution in [0.4, 0.5) is 0 Å². The van der Waals surface area contributed by atoms with Gasteiger partial charge in [0.25, 0.3) is 10.1 Å². The average Bonchev–Trinajstić information content (AvgIpc) is 2.48. The van der Waals surface area contributed by atoms with Crippen LogP contribution < -0.4 is 5.32 Å². The molecule has 0 aliphatic rings. The molecule has 10 heteroatoms. The molecule has 0 rings (SSSR count). The molecule has 0 saturated heterocycles. The van der Waals surface area contributed by atoms with E-state index in [2.05, 4.69) is 23.2 Å². The van der Waals surface area contributed by atoms with Crippen molar-refractivity contribution in [3.63, 3.8) is 0 Å². The summed E-state index contributed by atoms with van der Waals surface area (Å²) in [6.45, 7) is 11.1. The van der Waals surface area contributed by atoms with Gasteiger partial charge in [0.15, 0.2) is 0 Å². The first-order valence-corrected chi connectivity index (χ1v) is 8.82. The van der Waals surface area contributed by atoms with Crippen molar-refractivity contribution in [3.05, 3.63) is 36.5 Å². The fraction of sp³-hybridized carbons (Fsp3) is 0.438. The van der Waals surface area contributed by atoms with Crippen molar-refractivity contribution >= 4 is 28.0 Å². The molecule has 26 heavy (non-hydrogen) atoms. The Hall–Kier alpha value is -2.46. The third-order valence-corrected chi connectivity index (χ3v) is 3.74. The molecule has 0 aliphatic heterocycles. The number of hydrogen-bond acceptors (Lipinski definition) is 6. The van der Waals surface area contributed by atoms with Crippen LogP contribution in [0.2, 0.25) is 0 Å². The zero-order valence-corrected chi connectivity index (χ0v) is 16.1. The maximum Gasteiger partial charge on any atom is 0.333 e. The van der Waals surface area contributed by atoms with Gasteiger partial charge in [0.05, 0.1) is 18.4 Å². The zero-order valence-electron chi connectivity index (χ0n) is 15.2. The molecule has 0 atom stereocenters. The Morgan fingerprint density at radius 2 is 1.77 bits per heavy atom. The predicted molar refractivity (Wildman–Crippen MR) is 96.0 cm³/mol. The Morgan fingerprint density at radius 3 is 2.12 bits per heavy atom. The first-order valence-electron chi connectivity index (χ1n) is 7.21. The van der Waals surface area contributed by atoms with Crippen LogP contribution in [0.1, 0.15) is 27.2 Å². The Morgan fingerprint density at radius 1 is 1.27 bits per heavy atom. The molecular formula is C16H25NO8S. The van der Waals surface area contributed by atoms with Gasteiger partial charge in [0.1, 0.15) is 0 Å². The van der Waals surface area contributed by atoms with Crippen LogP contribution in [0, 0.1) is 0 Å². The van der Waals surface area contributed by atoms with Gasteiger partial charge in [-0.15, -0.1) is 0 Å². The highest BCUT2D eigenvalue weighted by molar-refractivity contribution is 7.85. The number of allylic oxidation sites excluding steroid dienone is 1. The highest BCUT2D eigenvalue weighted by Crippen LogP contribution is 2.05. The summed E-state index contributed by atoms with van der Waals surface area (Å²) in [5.74, 6) is -2.53. The number of methoxy groups -OCH3 is 1. The van der Waals surface area contributed by atoms with E-state index in [9.17, 15) is 22.8 Å². The minimum Gasteiger partial charge on any atom is -0.478 e. The summed E-state index contributed by atoms with van der Waals surface area (Å²) in [5, 5.41) is 10.8. The molecule has 0 heterocycles.